The van der Waals surface area contributed by atoms with E-state index in [2.05, 4.69) is 10.2 Å². The average Bonchev–Trinajstić information content (AvgIpc) is 3.20. The smallest absolute Gasteiger partial charge is 0.356 e. The normalized spacial score (nSPS) is 12.4. The molecule has 0 atom stereocenters. The number of nitrogens with zero attached hydrogens (tertiary/aromatic N) is 2. The minimum Gasteiger partial charge on any atom is -0.483 e. The van der Waals surface area contributed by atoms with Crippen LogP contribution in [0.5, 0.6) is 0 Å². The molecule has 0 aliphatic carbocycles. The Labute approximate surface area is 183 Å². The Bertz CT molecular complexity index is 1160. The van der Waals surface area contributed by atoms with Crippen LogP contribution in [0.25, 0.3) is 0 Å². The number of carboxylic acids is 1. The van der Waals surface area contributed by atoms with Crippen LogP contribution >= 0.6 is 0 Å². The summed E-state index contributed by atoms with van der Waals surface area (Å²) in [5.74, 6) is -1.55. The van der Waals surface area contributed by atoms with Crippen molar-refractivity contribution < 1.29 is 29.0 Å². The van der Waals surface area contributed by atoms with Gasteiger partial charge in [0.15, 0.2) is 5.69 Å². The van der Waals surface area contributed by atoms with Gasteiger partial charge in [-0.15, -0.1) is 0 Å². The lowest BCUT2D eigenvalue weighted by molar-refractivity contribution is -0.122. The lowest BCUT2D eigenvalue weighted by atomic mass is 9.97. The number of carbonyl (C=O) groups is 3. The quantitative estimate of drug-likeness (QED) is 0.537. The number of hydrogen-bond acceptors (Lipinski definition) is 4. The first kappa shape index (κ1) is 22.7. The summed E-state index contributed by atoms with van der Waals surface area (Å²) in [5.41, 5.74) is 3.98. The molecule has 0 saturated heterocycles. The van der Waals surface area contributed by atoms with Crippen molar-refractivity contribution in [2.24, 2.45) is 0 Å². The minimum atomic E-state index is -1.11. The van der Waals surface area contributed by atoms with Crippen LogP contribution in [0, 0.1) is 12.7 Å². The maximum atomic E-state index is 13.9. The molecular weight excluding hydrogens is 417 g/mol. The van der Waals surface area contributed by atoms with Gasteiger partial charge in [0.1, 0.15) is 5.82 Å². The Morgan fingerprint density at radius 1 is 1.25 bits per heavy atom. The molecule has 0 bridgehead atoms. The molecule has 0 radical (unpaired) electrons. The van der Waals surface area contributed by atoms with Crippen molar-refractivity contribution in [3.63, 3.8) is 0 Å². The van der Waals surface area contributed by atoms with Crippen LogP contribution in [0.15, 0.2) is 42.5 Å². The number of H-pyrrole nitrogens is 1. The van der Waals surface area contributed by atoms with Crippen LogP contribution in [0.2, 0.25) is 0 Å². The molecule has 32 heavy (non-hydrogen) atoms. The summed E-state index contributed by atoms with van der Waals surface area (Å²) in [6.07, 6.45) is 0.955. The van der Waals surface area contributed by atoms with Gasteiger partial charge >= 0.3 is 5.97 Å². The fourth-order valence-corrected chi connectivity index (χ4v) is 3.66. The molecular formula is C23H22FN3O5. The van der Waals surface area contributed by atoms with Gasteiger partial charge in [-0.3, -0.25) is 14.7 Å². The second kappa shape index (κ2) is 9.86. The molecule has 8 nitrogen and oxygen atoms in total. The summed E-state index contributed by atoms with van der Waals surface area (Å²) in [6, 6.07) is 12.3. The number of fused-ring (bicyclic) bond motifs is 1. The molecule has 1 amide bonds. The van der Waals surface area contributed by atoms with Crippen molar-refractivity contribution in [1.29, 1.82) is 0 Å². The van der Waals surface area contributed by atoms with E-state index in [4.69, 9.17) is 9.90 Å². The number of nitrogens with one attached hydrogen (secondary N) is 1. The summed E-state index contributed by atoms with van der Waals surface area (Å²) in [7, 11) is 0. The first-order chi connectivity index (χ1) is 15.3. The minimum absolute atomic E-state index is 0.0408. The highest BCUT2D eigenvalue weighted by Crippen LogP contribution is 2.24. The van der Waals surface area contributed by atoms with Crippen LogP contribution in [0.3, 0.4) is 0 Å². The van der Waals surface area contributed by atoms with Gasteiger partial charge in [-0.1, -0.05) is 30.3 Å². The van der Waals surface area contributed by atoms with E-state index in [1.807, 2.05) is 18.2 Å². The number of halogens is 1. The molecule has 0 fully saturated rings. The van der Waals surface area contributed by atoms with Crippen LogP contribution in [0.4, 0.5) is 4.39 Å². The average molecular weight is 439 g/mol. The highest BCUT2D eigenvalue weighted by Gasteiger charge is 2.28. The van der Waals surface area contributed by atoms with E-state index in [-0.39, 0.29) is 30.4 Å². The Balaban J connectivity index is 0.000000913. The van der Waals surface area contributed by atoms with E-state index in [9.17, 15) is 19.1 Å². The van der Waals surface area contributed by atoms with Crippen molar-refractivity contribution >= 4 is 18.3 Å². The zero-order chi connectivity index (χ0) is 23.3. The topological polar surface area (TPSA) is 124 Å². The number of carbonyl (C=O) groups excluding carboxylic acids is 1. The van der Waals surface area contributed by atoms with Crippen molar-refractivity contribution in [3.8, 4) is 0 Å². The number of benzene rings is 2. The summed E-state index contributed by atoms with van der Waals surface area (Å²) in [4.78, 5) is 34.6. The Morgan fingerprint density at radius 2 is 1.97 bits per heavy atom. The van der Waals surface area contributed by atoms with Gasteiger partial charge in [-0.2, -0.15) is 5.10 Å². The highest BCUT2D eigenvalue weighted by molar-refractivity contribution is 5.96. The van der Waals surface area contributed by atoms with Gasteiger partial charge in [0.2, 0.25) is 0 Å². The van der Waals surface area contributed by atoms with Crippen molar-refractivity contribution in [3.05, 3.63) is 87.5 Å². The Kier molecular flexibility index (Phi) is 6.99. The molecule has 3 aromatic rings. The van der Waals surface area contributed by atoms with Gasteiger partial charge < -0.3 is 15.1 Å². The lowest BCUT2D eigenvalue weighted by Crippen LogP contribution is -2.36. The lowest BCUT2D eigenvalue weighted by Gasteiger charge is -2.27. The van der Waals surface area contributed by atoms with E-state index < -0.39 is 5.97 Å². The van der Waals surface area contributed by atoms with Crippen molar-refractivity contribution in [1.82, 2.24) is 15.1 Å². The molecule has 4 rings (SSSR count). The van der Waals surface area contributed by atoms with Crippen LogP contribution in [-0.4, -0.2) is 50.2 Å². The number of aromatic amines is 1. The fourth-order valence-electron chi connectivity index (χ4n) is 3.66. The Hall–Kier alpha value is -4.01. The molecule has 1 aliphatic heterocycles. The van der Waals surface area contributed by atoms with E-state index in [0.29, 0.717) is 36.1 Å². The van der Waals surface area contributed by atoms with Gasteiger partial charge in [-0.25, -0.2) is 9.18 Å². The standard InChI is InChI=1S/C22H20FN3O3.CH2O2/c1-13-6-7-14(11-18(13)23)10-15-4-2-3-5-16(15)21(27)26-9-8-19-17(12-26)20(22(28)29)25-24-19;2-1-3/h2-7,11H,8-10,12H2,1H3,(H,24,25)(H,28,29);1H,(H,2,3). The zero-order valence-electron chi connectivity index (χ0n) is 17.3. The molecule has 2 heterocycles. The summed E-state index contributed by atoms with van der Waals surface area (Å²) < 4.78 is 13.9. The largest absolute Gasteiger partial charge is 0.483 e. The molecule has 0 spiro atoms. The predicted octanol–water partition coefficient (Wildman–Crippen LogP) is 3.05. The summed E-state index contributed by atoms with van der Waals surface area (Å²) in [5, 5.41) is 22.8. The number of hydrogen-bond donors (Lipinski definition) is 3. The third kappa shape index (κ3) is 4.83. The van der Waals surface area contributed by atoms with Crippen LogP contribution in [-0.2, 0) is 24.2 Å². The Morgan fingerprint density at radius 3 is 2.66 bits per heavy atom. The van der Waals surface area contributed by atoms with E-state index in [0.717, 1.165) is 16.8 Å². The van der Waals surface area contributed by atoms with Crippen molar-refractivity contribution in [2.45, 2.75) is 26.3 Å². The third-order valence-corrected chi connectivity index (χ3v) is 5.30. The highest BCUT2D eigenvalue weighted by atomic mass is 19.1. The maximum Gasteiger partial charge on any atom is 0.356 e. The summed E-state index contributed by atoms with van der Waals surface area (Å²) >= 11 is 0. The molecule has 2 aromatic carbocycles. The van der Waals surface area contributed by atoms with Gasteiger partial charge in [0.25, 0.3) is 12.4 Å². The monoisotopic (exact) mass is 439 g/mol. The van der Waals surface area contributed by atoms with Gasteiger partial charge in [0, 0.05) is 29.8 Å². The number of amides is 1. The third-order valence-electron chi connectivity index (χ3n) is 5.30. The molecule has 1 aromatic heterocycles. The van der Waals surface area contributed by atoms with Crippen molar-refractivity contribution in [2.75, 3.05) is 6.54 Å². The number of carboxylic acid groups (broad SMARTS) is 2. The first-order valence-electron chi connectivity index (χ1n) is 9.85. The second-order valence-electron chi connectivity index (χ2n) is 7.33. The molecule has 0 saturated carbocycles. The van der Waals surface area contributed by atoms with E-state index >= 15 is 0 Å². The van der Waals surface area contributed by atoms with Gasteiger partial charge in [-0.05, 0) is 42.2 Å². The second-order valence-corrected chi connectivity index (χ2v) is 7.33. The summed E-state index contributed by atoms with van der Waals surface area (Å²) in [6.45, 7) is 2.13. The number of aromatic nitrogens is 2. The first-order valence-corrected chi connectivity index (χ1v) is 9.85. The molecule has 0 unspecified atom stereocenters. The molecule has 9 heteroatoms. The SMILES string of the molecule is Cc1ccc(Cc2ccccc2C(=O)N2CCc3[nH]nc(C(=O)O)c3C2)cc1F.O=CO. The molecule has 166 valence electrons. The zero-order valence-corrected chi connectivity index (χ0v) is 17.3. The maximum absolute atomic E-state index is 13.9. The number of aryl methyl sites for hydroxylation is 1. The predicted molar refractivity (Wildman–Crippen MR) is 113 cm³/mol. The van der Waals surface area contributed by atoms with E-state index in [1.54, 1.807) is 30.0 Å². The van der Waals surface area contributed by atoms with Crippen LogP contribution < -0.4 is 0 Å². The number of rotatable bonds is 4. The number of aromatic carboxylic acids is 1. The van der Waals surface area contributed by atoms with Crippen LogP contribution in [0.1, 0.15) is 48.8 Å². The molecule has 3 N–H and O–H groups in total. The van der Waals surface area contributed by atoms with E-state index in [1.165, 1.54) is 6.07 Å². The fraction of sp³-hybridized carbons (Fsp3) is 0.217. The molecule has 1 aliphatic rings. The van der Waals surface area contributed by atoms with Gasteiger partial charge in [0.05, 0.1) is 6.54 Å².